The Morgan fingerprint density at radius 2 is 2.36 bits per heavy atom. The van der Waals surface area contributed by atoms with E-state index in [0.29, 0.717) is 0 Å². The third-order valence-corrected chi connectivity index (χ3v) is 2.38. The summed E-state index contributed by atoms with van der Waals surface area (Å²) in [7, 11) is 0. The van der Waals surface area contributed by atoms with Crippen LogP contribution in [-0.2, 0) is 0 Å². The van der Waals surface area contributed by atoms with E-state index in [1.54, 1.807) is 0 Å². The van der Waals surface area contributed by atoms with Gasteiger partial charge in [-0.1, -0.05) is 0 Å². The molecule has 0 atom stereocenters. The molecule has 6 heteroatoms. The number of imidazole rings is 1. The molecule has 1 aromatic rings. The molecule has 0 spiro atoms. The molecule has 14 heavy (non-hydrogen) atoms. The Morgan fingerprint density at radius 3 is 2.79 bits per heavy atom. The van der Waals surface area contributed by atoms with Crippen LogP contribution >= 0.6 is 0 Å². The normalized spacial score (nSPS) is 17.8. The van der Waals surface area contributed by atoms with Crippen LogP contribution < -0.4 is 11.0 Å². The van der Waals surface area contributed by atoms with E-state index in [-0.39, 0.29) is 18.2 Å². The largest absolute Gasteiger partial charge is 0.394 e. The van der Waals surface area contributed by atoms with Gasteiger partial charge in [0.25, 0.3) is 5.91 Å². The van der Waals surface area contributed by atoms with Gasteiger partial charge in [0, 0.05) is 6.20 Å². The van der Waals surface area contributed by atoms with Gasteiger partial charge in [-0.3, -0.25) is 4.79 Å². The van der Waals surface area contributed by atoms with E-state index in [1.807, 2.05) is 0 Å². The molecular formula is C8H11N3O3. The van der Waals surface area contributed by atoms with Crippen molar-refractivity contribution in [1.82, 2.24) is 15.3 Å². The molecule has 1 fully saturated rings. The van der Waals surface area contributed by atoms with E-state index >= 15 is 0 Å². The summed E-state index contributed by atoms with van der Waals surface area (Å²) in [5.41, 5.74) is -0.677. The number of aliphatic hydroxyl groups is 1. The summed E-state index contributed by atoms with van der Waals surface area (Å²) in [4.78, 5) is 26.8. The number of carbonyl (C=O) groups is 1. The minimum absolute atomic E-state index is 0.0621. The Balaban J connectivity index is 2.06. The van der Waals surface area contributed by atoms with Crippen LogP contribution in [0, 0.1) is 0 Å². The molecule has 0 bridgehead atoms. The van der Waals surface area contributed by atoms with Crippen molar-refractivity contribution >= 4 is 5.91 Å². The topological polar surface area (TPSA) is 98.0 Å². The summed E-state index contributed by atoms with van der Waals surface area (Å²) < 4.78 is 0. The first kappa shape index (κ1) is 9.01. The van der Waals surface area contributed by atoms with Gasteiger partial charge in [-0.2, -0.15) is 0 Å². The standard InChI is InChI=1S/C8H11N3O3/c12-4-8(1-2-8)11-6(13)5-3-9-7(14)10-5/h3,12H,1-2,4H2,(H,11,13)(H2,9,10,14). The lowest BCUT2D eigenvalue weighted by atomic mass is 10.3. The molecule has 1 amide bonds. The maximum Gasteiger partial charge on any atom is 0.323 e. The lowest BCUT2D eigenvalue weighted by Gasteiger charge is -2.12. The van der Waals surface area contributed by atoms with Gasteiger partial charge in [0.2, 0.25) is 0 Å². The molecule has 6 nitrogen and oxygen atoms in total. The van der Waals surface area contributed by atoms with Crippen molar-refractivity contribution in [2.45, 2.75) is 18.4 Å². The highest BCUT2D eigenvalue weighted by molar-refractivity contribution is 5.92. The van der Waals surface area contributed by atoms with E-state index in [2.05, 4.69) is 15.3 Å². The average Bonchev–Trinajstić information content (AvgIpc) is 2.80. The lowest BCUT2D eigenvalue weighted by molar-refractivity contribution is 0.0902. The number of amides is 1. The predicted molar refractivity (Wildman–Crippen MR) is 47.9 cm³/mol. The monoisotopic (exact) mass is 197 g/mol. The molecular weight excluding hydrogens is 186 g/mol. The van der Waals surface area contributed by atoms with Crippen molar-refractivity contribution in [2.75, 3.05) is 6.61 Å². The quantitative estimate of drug-likeness (QED) is 0.498. The molecule has 76 valence electrons. The molecule has 0 unspecified atom stereocenters. The van der Waals surface area contributed by atoms with Gasteiger partial charge in [-0.15, -0.1) is 0 Å². The summed E-state index contributed by atoms with van der Waals surface area (Å²) in [5.74, 6) is -0.366. The van der Waals surface area contributed by atoms with Crippen LogP contribution in [0.3, 0.4) is 0 Å². The van der Waals surface area contributed by atoms with E-state index < -0.39 is 11.2 Å². The molecule has 1 aromatic heterocycles. The first-order chi connectivity index (χ1) is 6.65. The van der Waals surface area contributed by atoms with Gasteiger partial charge >= 0.3 is 5.69 Å². The summed E-state index contributed by atoms with van der Waals surface area (Å²) in [5, 5.41) is 11.6. The fourth-order valence-corrected chi connectivity index (χ4v) is 1.24. The first-order valence-electron chi connectivity index (χ1n) is 4.36. The number of aliphatic hydroxyl groups excluding tert-OH is 1. The van der Waals surface area contributed by atoms with Crippen molar-refractivity contribution in [1.29, 1.82) is 0 Å². The summed E-state index contributed by atoms with van der Waals surface area (Å²) in [6.45, 7) is -0.0621. The Labute approximate surface area is 79.3 Å². The Kier molecular flexibility index (Phi) is 1.92. The van der Waals surface area contributed by atoms with Crippen molar-refractivity contribution in [2.24, 2.45) is 0 Å². The maximum absolute atomic E-state index is 11.5. The van der Waals surface area contributed by atoms with Crippen LogP contribution in [0.15, 0.2) is 11.0 Å². The Morgan fingerprint density at radius 1 is 1.64 bits per heavy atom. The van der Waals surface area contributed by atoms with Gasteiger partial charge in [0.05, 0.1) is 12.1 Å². The van der Waals surface area contributed by atoms with Crippen LogP contribution in [0.2, 0.25) is 0 Å². The molecule has 0 radical (unpaired) electrons. The molecule has 0 saturated heterocycles. The third kappa shape index (κ3) is 1.56. The summed E-state index contributed by atoms with van der Waals surface area (Å²) >= 11 is 0. The van der Waals surface area contributed by atoms with Crippen molar-refractivity contribution in [3.8, 4) is 0 Å². The minimum atomic E-state index is -0.453. The number of carbonyl (C=O) groups excluding carboxylic acids is 1. The molecule has 1 heterocycles. The number of hydrogen-bond donors (Lipinski definition) is 4. The highest BCUT2D eigenvalue weighted by Gasteiger charge is 2.43. The fourth-order valence-electron chi connectivity index (χ4n) is 1.24. The van der Waals surface area contributed by atoms with Gasteiger partial charge in [0.15, 0.2) is 0 Å². The second-order valence-corrected chi connectivity index (χ2v) is 3.55. The SMILES string of the molecule is O=C(NC1(CO)CC1)c1c[nH]c(=O)[nH]1. The molecule has 1 aliphatic rings. The highest BCUT2D eigenvalue weighted by Crippen LogP contribution is 2.34. The van der Waals surface area contributed by atoms with Crippen LogP contribution in [0.5, 0.6) is 0 Å². The van der Waals surface area contributed by atoms with Gasteiger partial charge < -0.3 is 20.4 Å². The number of rotatable bonds is 3. The molecule has 1 saturated carbocycles. The van der Waals surface area contributed by atoms with Crippen LogP contribution in [0.1, 0.15) is 23.3 Å². The number of aromatic nitrogens is 2. The van der Waals surface area contributed by atoms with Crippen molar-refractivity contribution < 1.29 is 9.90 Å². The van der Waals surface area contributed by atoms with Gasteiger partial charge in [-0.05, 0) is 12.8 Å². The van der Waals surface area contributed by atoms with Gasteiger partial charge in [-0.25, -0.2) is 4.79 Å². The van der Waals surface area contributed by atoms with E-state index in [4.69, 9.17) is 5.11 Å². The number of hydrogen-bond acceptors (Lipinski definition) is 3. The molecule has 0 aromatic carbocycles. The zero-order valence-corrected chi connectivity index (χ0v) is 7.46. The second-order valence-electron chi connectivity index (χ2n) is 3.55. The number of nitrogens with one attached hydrogen (secondary N) is 3. The maximum atomic E-state index is 11.5. The zero-order chi connectivity index (χ0) is 10.2. The molecule has 0 aliphatic heterocycles. The lowest BCUT2D eigenvalue weighted by Crippen LogP contribution is -2.39. The molecule has 1 aliphatic carbocycles. The smallest absolute Gasteiger partial charge is 0.323 e. The second kappa shape index (κ2) is 2.98. The van der Waals surface area contributed by atoms with Crippen molar-refractivity contribution in [3.05, 3.63) is 22.4 Å². The van der Waals surface area contributed by atoms with E-state index in [9.17, 15) is 9.59 Å². The zero-order valence-electron chi connectivity index (χ0n) is 7.46. The average molecular weight is 197 g/mol. The van der Waals surface area contributed by atoms with Crippen LogP contribution in [-0.4, -0.2) is 33.1 Å². The van der Waals surface area contributed by atoms with Crippen LogP contribution in [0.25, 0.3) is 0 Å². The highest BCUT2D eigenvalue weighted by atomic mass is 16.3. The third-order valence-electron chi connectivity index (χ3n) is 2.38. The van der Waals surface area contributed by atoms with Crippen LogP contribution in [0.4, 0.5) is 0 Å². The Bertz CT molecular complexity index is 402. The summed E-state index contributed by atoms with van der Waals surface area (Å²) in [6.07, 6.45) is 2.87. The van der Waals surface area contributed by atoms with Gasteiger partial charge in [0.1, 0.15) is 5.69 Å². The minimum Gasteiger partial charge on any atom is -0.394 e. The van der Waals surface area contributed by atoms with Crippen molar-refractivity contribution in [3.63, 3.8) is 0 Å². The van der Waals surface area contributed by atoms with E-state index in [0.717, 1.165) is 12.8 Å². The molecule has 2 rings (SSSR count). The fraction of sp³-hybridized carbons (Fsp3) is 0.500. The van der Waals surface area contributed by atoms with E-state index in [1.165, 1.54) is 6.20 Å². The number of aromatic amines is 2. The Hall–Kier alpha value is -1.56. The first-order valence-corrected chi connectivity index (χ1v) is 4.36. The number of H-pyrrole nitrogens is 2. The predicted octanol–water partition coefficient (Wildman–Crippen LogP) is -1.04. The summed E-state index contributed by atoms with van der Waals surface area (Å²) in [6, 6.07) is 0. The molecule has 4 N–H and O–H groups in total.